The molecule has 0 spiro atoms. The molecule has 0 aromatic rings. The molecule has 0 aromatic heterocycles. The van der Waals surface area contributed by atoms with Gasteiger partial charge >= 0.3 is 6.11 Å². The van der Waals surface area contributed by atoms with Crippen LogP contribution in [0.5, 0.6) is 0 Å². The molecule has 0 aliphatic rings. The fourth-order valence-electron chi connectivity index (χ4n) is 0.247. The topological polar surface area (TPSA) is 29.5 Å². The zero-order chi connectivity index (χ0) is 7.49. The Kier molecular flexibility index (Phi) is 2.93. The summed E-state index contributed by atoms with van der Waals surface area (Å²) in [6.07, 6.45) is -7.29. The summed E-state index contributed by atoms with van der Waals surface area (Å²) in [6.45, 7) is 1.15. The van der Waals surface area contributed by atoms with Gasteiger partial charge in [-0.25, -0.2) is 4.39 Å². The highest BCUT2D eigenvalue weighted by Gasteiger charge is 2.38. The van der Waals surface area contributed by atoms with E-state index in [1.807, 2.05) is 0 Å². The van der Waals surface area contributed by atoms with Gasteiger partial charge in [-0.15, -0.1) is 0 Å². The molecule has 0 saturated heterocycles. The van der Waals surface area contributed by atoms with Gasteiger partial charge in [-0.1, -0.05) is 0 Å². The number of hydrogen-bond donors (Lipinski definition) is 1. The van der Waals surface area contributed by atoms with Crippen molar-refractivity contribution in [2.24, 2.45) is 0 Å². The van der Waals surface area contributed by atoms with Crippen LogP contribution in [0, 0.1) is 0 Å². The first-order chi connectivity index (χ1) is 3.98. The van der Waals surface area contributed by atoms with Crippen LogP contribution in [0.3, 0.4) is 0 Å². The van der Waals surface area contributed by atoms with Crippen molar-refractivity contribution >= 4 is 0 Å². The van der Waals surface area contributed by atoms with Crippen LogP contribution in [-0.2, 0) is 4.74 Å². The van der Waals surface area contributed by atoms with Crippen LogP contribution in [-0.4, -0.2) is 24.2 Å². The van der Waals surface area contributed by atoms with Crippen LogP contribution < -0.4 is 0 Å². The molecule has 56 valence electrons. The first-order valence-electron chi connectivity index (χ1n) is 2.34. The third-order valence-corrected chi connectivity index (χ3v) is 0.586. The lowest BCUT2D eigenvalue weighted by Crippen LogP contribution is -2.31. The zero-order valence-electron chi connectivity index (χ0n) is 4.77. The van der Waals surface area contributed by atoms with Crippen molar-refractivity contribution < 1.29 is 23.0 Å². The van der Waals surface area contributed by atoms with Crippen LogP contribution in [0.2, 0.25) is 0 Å². The Morgan fingerprint density at radius 1 is 1.67 bits per heavy atom. The van der Waals surface area contributed by atoms with E-state index < -0.39 is 12.5 Å². The Bertz CT molecular complexity index is 80.4. The second kappa shape index (κ2) is 3.03. The van der Waals surface area contributed by atoms with Crippen molar-refractivity contribution in [1.82, 2.24) is 0 Å². The lowest BCUT2D eigenvalue weighted by Gasteiger charge is -2.12. The standard InChI is InChI=1S/C4H7F3O2/c1-2-9-3(5)4(6,7)8/h3,8H,2H2,1H3. The first kappa shape index (κ1) is 8.71. The van der Waals surface area contributed by atoms with Crippen LogP contribution >= 0.6 is 0 Å². The van der Waals surface area contributed by atoms with Crippen LogP contribution in [0.1, 0.15) is 6.92 Å². The second-order valence-electron chi connectivity index (χ2n) is 1.36. The lowest BCUT2D eigenvalue weighted by atomic mass is 10.6. The molecule has 0 aliphatic carbocycles. The number of hydrogen-bond acceptors (Lipinski definition) is 2. The fourth-order valence-corrected chi connectivity index (χ4v) is 0.247. The van der Waals surface area contributed by atoms with Crippen molar-refractivity contribution in [1.29, 1.82) is 0 Å². The summed E-state index contributed by atoms with van der Waals surface area (Å²) >= 11 is 0. The minimum Gasteiger partial charge on any atom is -0.342 e. The molecule has 9 heavy (non-hydrogen) atoms. The third-order valence-electron chi connectivity index (χ3n) is 0.586. The van der Waals surface area contributed by atoms with Gasteiger partial charge in [0.15, 0.2) is 0 Å². The van der Waals surface area contributed by atoms with Crippen molar-refractivity contribution in [2.45, 2.75) is 19.4 Å². The predicted octanol–water partition coefficient (Wildman–Crippen LogP) is 0.904. The molecule has 0 bridgehead atoms. The lowest BCUT2D eigenvalue weighted by molar-refractivity contribution is -0.306. The summed E-state index contributed by atoms with van der Waals surface area (Å²) in [5.74, 6) is 0. The van der Waals surface area contributed by atoms with Crippen molar-refractivity contribution in [3.63, 3.8) is 0 Å². The maximum absolute atomic E-state index is 11.7. The molecule has 0 aliphatic heterocycles. The summed E-state index contributed by atoms with van der Waals surface area (Å²) in [5.41, 5.74) is 0. The Balaban J connectivity index is 3.59. The van der Waals surface area contributed by atoms with Crippen molar-refractivity contribution in [3.05, 3.63) is 0 Å². The van der Waals surface area contributed by atoms with Crippen LogP contribution in [0.15, 0.2) is 0 Å². The second-order valence-corrected chi connectivity index (χ2v) is 1.36. The van der Waals surface area contributed by atoms with Gasteiger partial charge in [-0.3, -0.25) is 0 Å². The maximum atomic E-state index is 11.7. The summed E-state index contributed by atoms with van der Waals surface area (Å²) in [7, 11) is 0. The number of ether oxygens (including phenoxy) is 1. The fraction of sp³-hybridized carbons (Fsp3) is 1.00. The summed E-state index contributed by atoms with van der Waals surface area (Å²) in [6, 6.07) is 0. The average Bonchev–Trinajstić information content (AvgIpc) is 1.64. The molecule has 0 heterocycles. The number of rotatable bonds is 3. The number of halogens is 3. The molecule has 2 nitrogen and oxygen atoms in total. The van der Waals surface area contributed by atoms with E-state index in [1.165, 1.54) is 6.92 Å². The van der Waals surface area contributed by atoms with E-state index in [4.69, 9.17) is 5.11 Å². The van der Waals surface area contributed by atoms with E-state index in [2.05, 4.69) is 4.74 Å². The van der Waals surface area contributed by atoms with E-state index in [1.54, 1.807) is 0 Å². The van der Waals surface area contributed by atoms with E-state index in [0.29, 0.717) is 0 Å². The molecule has 1 N–H and O–H groups in total. The van der Waals surface area contributed by atoms with E-state index in [9.17, 15) is 13.2 Å². The smallest absolute Gasteiger partial charge is 0.342 e. The number of alkyl halides is 3. The SMILES string of the molecule is CCOC(F)C(O)(F)F. The van der Waals surface area contributed by atoms with Gasteiger partial charge in [0.05, 0.1) is 0 Å². The van der Waals surface area contributed by atoms with Crippen molar-refractivity contribution in [2.75, 3.05) is 6.61 Å². The van der Waals surface area contributed by atoms with E-state index >= 15 is 0 Å². The maximum Gasteiger partial charge on any atom is 0.409 e. The highest BCUT2D eigenvalue weighted by Crippen LogP contribution is 2.17. The first-order valence-corrected chi connectivity index (χ1v) is 2.34. The summed E-state index contributed by atoms with van der Waals surface area (Å²) < 4.78 is 38.1. The molecule has 0 fully saturated rings. The quantitative estimate of drug-likeness (QED) is 0.637. The minimum atomic E-state index is -4.38. The Labute approximate surface area is 50.2 Å². The van der Waals surface area contributed by atoms with Gasteiger partial charge in [-0.2, -0.15) is 8.78 Å². The number of aliphatic hydroxyl groups is 1. The summed E-state index contributed by atoms with van der Waals surface area (Å²) in [5, 5.41) is 7.58. The van der Waals surface area contributed by atoms with E-state index in [0.717, 1.165) is 0 Å². The van der Waals surface area contributed by atoms with Gasteiger partial charge in [0.25, 0.3) is 6.36 Å². The molecule has 0 saturated carbocycles. The van der Waals surface area contributed by atoms with Crippen LogP contribution in [0.25, 0.3) is 0 Å². The van der Waals surface area contributed by atoms with Gasteiger partial charge in [0, 0.05) is 6.61 Å². The molecular weight excluding hydrogens is 137 g/mol. The molecule has 0 aromatic carbocycles. The molecule has 1 unspecified atom stereocenters. The zero-order valence-corrected chi connectivity index (χ0v) is 4.77. The van der Waals surface area contributed by atoms with E-state index in [-0.39, 0.29) is 6.61 Å². The molecule has 1 atom stereocenters. The molecule has 0 amide bonds. The normalized spacial score (nSPS) is 15.7. The minimum absolute atomic E-state index is 0.197. The summed E-state index contributed by atoms with van der Waals surface area (Å²) in [4.78, 5) is 0. The molecule has 0 radical (unpaired) electrons. The van der Waals surface area contributed by atoms with Gasteiger partial charge in [-0.05, 0) is 6.92 Å². The predicted molar refractivity (Wildman–Crippen MR) is 23.7 cm³/mol. The Morgan fingerprint density at radius 3 is 2.22 bits per heavy atom. The highest BCUT2D eigenvalue weighted by molar-refractivity contribution is 4.51. The Morgan fingerprint density at radius 2 is 2.11 bits per heavy atom. The largest absolute Gasteiger partial charge is 0.409 e. The third kappa shape index (κ3) is 3.31. The van der Waals surface area contributed by atoms with Crippen molar-refractivity contribution in [3.8, 4) is 0 Å². The molecular formula is C4H7F3O2. The molecule has 5 heteroatoms. The van der Waals surface area contributed by atoms with Gasteiger partial charge in [0.2, 0.25) is 0 Å². The molecule has 0 rings (SSSR count). The van der Waals surface area contributed by atoms with Crippen LogP contribution in [0.4, 0.5) is 13.2 Å². The average molecular weight is 144 g/mol. The van der Waals surface area contributed by atoms with Gasteiger partial charge in [0.1, 0.15) is 0 Å². The Hall–Kier alpha value is -0.290. The van der Waals surface area contributed by atoms with Gasteiger partial charge < -0.3 is 9.84 Å². The highest BCUT2D eigenvalue weighted by atomic mass is 19.3. The monoisotopic (exact) mass is 144 g/mol.